The van der Waals surface area contributed by atoms with Gasteiger partial charge in [0, 0.05) is 10.7 Å². The predicted octanol–water partition coefficient (Wildman–Crippen LogP) is 5.25. The highest BCUT2D eigenvalue weighted by Gasteiger charge is 2.34. The molecule has 1 aromatic carbocycles. The first-order valence-corrected chi connectivity index (χ1v) is 11.4. The number of hydrogen-bond acceptors (Lipinski definition) is 6. The zero-order valence-electron chi connectivity index (χ0n) is 20.0. The molecule has 7 nitrogen and oxygen atoms in total. The van der Waals surface area contributed by atoms with Gasteiger partial charge in [-0.1, -0.05) is 23.7 Å². The summed E-state index contributed by atoms with van der Waals surface area (Å²) >= 11 is 6.11. The molecule has 1 heterocycles. The minimum Gasteiger partial charge on any atom is -0.465 e. The monoisotopic (exact) mass is 477 g/mol. The molecule has 1 aromatic heterocycles. The molecule has 0 fully saturated rings. The van der Waals surface area contributed by atoms with Crippen molar-refractivity contribution < 1.29 is 28.6 Å². The Morgan fingerprint density at radius 2 is 1.70 bits per heavy atom. The summed E-state index contributed by atoms with van der Waals surface area (Å²) in [4.78, 5) is 41.5. The van der Waals surface area contributed by atoms with Crippen LogP contribution in [-0.4, -0.2) is 41.7 Å². The number of rotatable bonds is 9. The molecule has 0 radical (unpaired) electrons. The van der Waals surface area contributed by atoms with E-state index >= 15 is 0 Å². The summed E-state index contributed by atoms with van der Waals surface area (Å²) in [5.41, 5.74) is 1.20. The number of aromatic nitrogens is 1. The average molecular weight is 478 g/mol. The third kappa shape index (κ3) is 7.09. The van der Waals surface area contributed by atoms with Crippen molar-refractivity contribution in [3.63, 3.8) is 0 Å². The number of nitrogens with one attached hydrogen (secondary N) is 1. The molecule has 0 aliphatic carbocycles. The number of hydrogen-bond donors (Lipinski definition) is 1. The smallest absolute Gasteiger partial charge is 0.355 e. The van der Waals surface area contributed by atoms with Crippen molar-refractivity contribution >= 4 is 29.5 Å². The highest BCUT2D eigenvalue weighted by Crippen LogP contribution is 2.30. The minimum atomic E-state index is -0.814. The van der Waals surface area contributed by atoms with Crippen molar-refractivity contribution in [3.05, 3.63) is 57.4 Å². The standard InChI is InChI=1S/C25H32ClNO6/c1-7-31-22(28)15(3)20-19(23(29)32-8-2)18(13-12-16-10-9-11-17(26)14-16)21(27-20)24(30)33-25(4,5)6/h9-11,14-15,27H,7-8,12-13H2,1-6H3. The molecule has 0 amide bonds. The van der Waals surface area contributed by atoms with Crippen LogP contribution in [-0.2, 0) is 31.8 Å². The molecule has 2 rings (SSSR count). The Labute approximate surface area is 199 Å². The molecule has 0 bridgehead atoms. The first-order chi connectivity index (χ1) is 15.5. The lowest BCUT2D eigenvalue weighted by Crippen LogP contribution is -2.25. The Bertz CT molecular complexity index is 1000. The van der Waals surface area contributed by atoms with Gasteiger partial charge in [0.05, 0.1) is 24.7 Å². The largest absolute Gasteiger partial charge is 0.465 e. The second-order valence-corrected chi connectivity index (χ2v) is 9.03. The van der Waals surface area contributed by atoms with Crippen LogP contribution >= 0.6 is 11.6 Å². The van der Waals surface area contributed by atoms with E-state index in [0.717, 1.165) is 5.56 Å². The maximum absolute atomic E-state index is 13.1. The van der Waals surface area contributed by atoms with E-state index in [1.54, 1.807) is 47.6 Å². The molecule has 0 saturated carbocycles. The zero-order chi connectivity index (χ0) is 24.8. The maximum atomic E-state index is 13.1. The summed E-state index contributed by atoms with van der Waals surface area (Å²) in [6.07, 6.45) is 0.836. The first kappa shape index (κ1) is 26.5. The average Bonchev–Trinajstić information content (AvgIpc) is 3.10. The number of ether oxygens (including phenoxy) is 3. The van der Waals surface area contributed by atoms with E-state index in [9.17, 15) is 14.4 Å². The number of carbonyl (C=O) groups excluding carboxylic acids is 3. The van der Waals surface area contributed by atoms with E-state index < -0.39 is 29.4 Å². The maximum Gasteiger partial charge on any atom is 0.355 e. The van der Waals surface area contributed by atoms with Gasteiger partial charge in [-0.2, -0.15) is 0 Å². The SMILES string of the molecule is CCOC(=O)c1c(C(C)C(=O)OCC)[nH]c(C(=O)OC(C)(C)C)c1CCc1cccc(Cl)c1. The summed E-state index contributed by atoms with van der Waals surface area (Å²) in [6, 6.07) is 7.35. The van der Waals surface area contributed by atoms with E-state index in [-0.39, 0.29) is 30.2 Å². The summed E-state index contributed by atoms with van der Waals surface area (Å²) < 4.78 is 16.0. The second kappa shape index (κ2) is 11.4. The number of halogens is 1. The molecule has 0 aliphatic rings. The van der Waals surface area contributed by atoms with Crippen molar-refractivity contribution in [2.24, 2.45) is 0 Å². The van der Waals surface area contributed by atoms with Crippen molar-refractivity contribution in [2.75, 3.05) is 13.2 Å². The number of esters is 3. The summed E-state index contributed by atoms with van der Waals surface area (Å²) in [5.74, 6) is -2.56. The molecule has 0 saturated heterocycles. The van der Waals surface area contributed by atoms with Gasteiger partial charge in [0.25, 0.3) is 0 Å². The molecule has 0 aliphatic heterocycles. The minimum absolute atomic E-state index is 0.126. The van der Waals surface area contributed by atoms with Gasteiger partial charge in [-0.15, -0.1) is 0 Å². The topological polar surface area (TPSA) is 94.7 Å². The second-order valence-electron chi connectivity index (χ2n) is 8.59. The lowest BCUT2D eigenvalue weighted by Gasteiger charge is -2.19. The van der Waals surface area contributed by atoms with Crippen molar-refractivity contribution in [1.29, 1.82) is 0 Å². The number of aryl methyl sites for hydroxylation is 1. The van der Waals surface area contributed by atoms with Crippen LogP contribution in [0.5, 0.6) is 0 Å². The van der Waals surface area contributed by atoms with Crippen LogP contribution in [0.15, 0.2) is 24.3 Å². The van der Waals surface area contributed by atoms with Gasteiger partial charge in [-0.3, -0.25) is 4.79 Å². The molecule has 0 spiro atoms. The van der Waals surface area contributed by atoms with Crippen LogP contribution in [0, 0.1) is 0 Å². The Morgan fingerprint density at radius 3 is 2.27 bits per heavy atom. The summed E-state index contributed by atoms with van der Waals surface area (Å²) in [7, 11) is 0. The van der Waals surface area contributed by atoms with Crippen molar-refractivity contribution in [2.45, 2.75) is 65.9 Å². The predicted molar refractivity (Wildman–Crippen MR) is 126 cm³/mol. The summed E-state index contributed by atoms with van der Waals surface area (Å²) in [6.45, 7) is 10.6. The fraction of sp³-hybridized carbons (Fsp3) is 0.480. The Morgan fingerprint density at radius 1 is 1.03 bits per heavy atom. The first-order valence-electron chi connectivity index (χ1n) is 11.0. The number of H-pyrrole nitrogens is 1. The van der Waals surface area contributed by atoms with Gasteiger partial charge < -0.3 is 19.2 Å². The molecule has 8 heteroatoms. The van der Waals surface area contributed by atoms with Crippen LogP contribution in [0.1, 0.15) is 85.1 Å². The van der Waals surface area contributed by atoms with Gasteiger partial charge in [-0.25, -0.2) is 9.59 Å². The van der Waals surface area contributed by atoms with Gasteiger partial charge in [-0.05, 0) is 77.6 Å². The van der Waals surface area contributed by atoms with Crippen molar-refractivity contribution in [3.8, 4) is 0 Å². The van der Waals surface area contributed by atoms with E-state index in [1.165, 1.54) is 0 Å². The molecular weight excluding hydrogens is 446 g/mol. The Kier molecular flexibility index (Phi) is 9.11. The van der Waals surface area contributed by atoms with E-state index in [1.807, 2.05) is 18.2 Å². The van der Waals surface area contributed by atoms with Gasteiger partial charge in [0.1, 0.15) is 11.3 Å². The van der Waals surface area contributed by atoms with Gasteiger partial charge in [0.2, 0.25) is 0 Å². The zero-order valence-corrected chi connectivity index (χ0v) is 20.8. The third-order valence-corrected chi connectivity index (χ3v) is 5.08. The summed E-state index contributed by atoms with van der Waals surface area (Å²) in [5, 5.41) is 0.594. The molecular formula is C25H32ClNO6. The van der Waals surface area contributed by atoms with Crippen molar-refractivity contribution in [1.82, 2.24) is 4.98 Å². The van der Waals surface area contributed by atoms with Gasteiger partial charge >= 0.3 is 17.9 Å². The molecule has 1 unspecified atom stereocenters. The Hall–Kier alpha value is -2.80. The van der Waals surface area contributed by atoms with E-state index in [0.29, 0.717) is 23.4 Å². The highest BCUT2D eigenvalue weighted by molar-refractivity contribution is 6.30. The van der Waals surface area contributed by atoms with Crippen LogP contribution in [0.4, 0.5) is 0 Å². The molecule has 33 heavy (non-hydrogen) atoms. The fourth-order valence-electron chi connectivity index (χ4n) is 3.42. The number of aromatic amines is 1. The lowest BCUT2D eigenvalue weighted by molar-refractivity contribution is -0.144. The van der Waals surface area contributed by atoms with Crippen LogP contribution in [0.25, 0.3) is 0 Å². The van der Waals surface area contributed by atoms with Crippen LogP contribution in [0.2, 0.25) is 5.02 Å². The molecule has 2 aromatic rings. The van der Waals surface area contributed by atoms with Crippen LogP contribution < -0.4 is 0 Å². The Balaban J connectivity index is 2.61. The van der Waals surface area contributed by atoms with E-state index in [2.05, 4.69) is 4.98 Å². The van der Waals surface area contributed by atoms with Crippen LogP contribution in [0.3, 0.4) is 0 Å². The molecule has 1 atom stereocenters. The highest BCUT2D eigenvalue weighted by atomic mass is 35.5. The molecule has 1 N–H and O–H groups in total. The quantitative estimate of drug-likeness (QED) is 0.391. The third-order valence-electron chi connectivity index (χ3n) is 4.84. The van der Waals surface area contributed by atoms with E-state index in [4.69, 9.17) is 25.8 Å². The molecule has 180 valence electrons. The van der Waals surface area contributed by atoms with Gasteiger partial charge in [0.15, 0.2) is 0 Å². The number of benzene rings is 1. The lowest BCUT2D eigenvalue weighted by atomic mass is 9.96. The fourth-order valence-corrected chi connectivity index (χ4v) is 3.63. The number of carbonyl (C=O) groups is 3. The normalized spacial score (nSPS) is 12.2.